The zero-order valence-corrected chi connectivity index (χ0v) is 15.2. The van der Waals surface area contributed by atoms with E-state index in [-0.39, 0.29) is 29.8 Å². The van der Waals surface area contributed by atoms with Gasteiger partial charge in [-0.3, -0.25) is 4.79 Å². The van der Waals surface area contributed by atoms with E-state index in [1.54, 1.807) is 6.07 Å². The van der Waals surface area contributed by atoms with Crippen molar-refractivity contribution in [2.45, 2.75) is 44.2 Å². The third-order valence-corrected chi connectivity index (χ3v) is 5.54. The molecule has 1 amide bonds. The van der Waals surface area contributed by atoms with Crippen LogP contribution >= 0.6 is 0 Å². The molecule has 4 rings (SSSR count). The number of aliphatic hydroxyl groups excluding tert-OH is 1. The van der Waals surface area contributed by atoms with Gasteiger partial charge in [-0.15, -0.1) is 0 Å². The van der Waals surface area contributed by atoms with Crippen molar-refractivity contribution in [2.75, 3.05) is 6.61 Å². The van der Waals surface area contributed by atoms with E-state index in [4.69, 9.17) is 4.74 Å². The van der Waals surface area contributed by atoms with Gasteiger partial charge < -0.3 is 15.2 Å². The highest BCUT2D eigenvalue weighted by atomic mass is 19.1. The highest BCUT2D eigenvalue weighted by molar-refractivity contribution is 5.76. The van der Waals surface area contributed by atoms with Crippen LogP contribution in [0.25, 0.3) is 0 Å². The number of hydrogen-bond donors (Lipinski definition) is 2. The molecule has 0 bridgehead atoms. The van der Waals surface area contributed by atoms with Crippen LogP contribution in [0.2, 0.25) is 0 Å². The Kier molecular flexibility index (Phi) is 5.12. The summed E-state index contributed by atoms with van der Waals surface area (Å²) in [6.45, 7) is 0.700. The maximum atomic E-state index is 13.3. The number of carbonyl (C=O) groups is 1. The first-order chi connectivity index (χ1) is 13.1. The maximum absolute atomic E-state index is 13.3. The molecule has 142 valence electrons. The number of halogens is 1. The average molecular weight is 369 g/mol. The van der Waals surface area contributed by atoms with Gasteiger partial charge in [0.25, 0.3) is 0 Å². The molecular formula is C22H24FNO3. The van der Waals surface area contributed by atoms with Gasteiger partial charge in [-0.2, -0.15) is 0 Å². The van der Waals surface area contributed by atoms with Gasteiger partial charge in [-0.05, 0) is 66.1 Å². The lowest BCUT2D eigenvalue weighted by atomic mass is 9.74. The summed E-state index contributed by atoms with van der Waals surface area (Å²) in [5.74, 6) is 0.819. The van der Waals surface area contributed by atoms with E-state index in [2.05, 4.69) is 11.4 Å². The lowest BCUT2D eigenvalue weighted by molar-refractivity contribution is -0.123. The quantitative estimate of drug-likeness (QED) is 0.821. The van der Waals surface area contributed by atoms with Crippen LogP contribution in [0.5, 0.6) is 5.75 Å². The molecule has 27 heavy (non-hydrogen) atoms. The van der Waals surface area contributed by atoms with Gasteiger partial charge in [0.05, 0.1) is 18.8 Å². The van der Waals surface area contributed by atoms with Crippen molar-refractivity contribution < 1.29 is 19.0 Å². The second-order valence-electron chi connectivity index (χ2n) is 7.53. The third-order valence-electron chi connectivity index (χ3n) is 5.54. The van der Waals surface area contributed by atoms with Crippen molar-refractivity contribution in [3.8, 4) is 5.75 Å². The Hall–Kier alpha value is -2.40. The molecule has 0 spiro atoms. The highest BCUT2D eigenvalue weighted by Crippen LogP contribution is 2.39. The minimum Gasteiger partial charge on any atom is -0.493 e. The van der Waals surface area contributed by atoms with Crippen LogP contribution in [0, 0.1) is 11.7 Å². The van der Waals surface area contributed by atoms with Crippen LogP contribution in [0.15, 0.2) is 42.5 Å². The van der Waals surface area contributed by atoms with Crippen molar-refractivity contribution in [1.82, 2.24) is 5.32 Å². The number of nitrogens with one attached hydrogen (secondary N) is 1. The summed E-state index contributed by atoms with van der Waals surface area (Å²) < 4.78 is 18.9. The Morgan fingerprint density at radius 2 is 2.11 bits per heavy atom. The fraction of sp³-hybridized carbons (Fsp3) is 0.409. The van der Waals surface area contributed by atoms with Crippen LogP contribution in [-0.2, 0) is 17.6 Å². The van der Waals surface area contributed by atoms with E-state index >= 15 is 0 Å². The smallest absolute Gasteiger partial charge is 0.220 e. The van der Waals surface area contributed by atoms with Gasteiger partial charge in [-0.1, -0.05) is 18.2 Å². The van der Waals surface area contributed by atoms with Crippen molar-refractivity contribution in [3.63, 3.8) is 0 Å². The number of ether oxygens (including phenoxy) is 1. The van der Waals surface area contributed by atoms with Crippen molar-refractivity contribution in [3.05, 3.63) is 65.0 Å². The van der Waals surface area contributed by atoms with Gasteiger partial charge >= 0.3 is 0 Å². The first-order valence-electron chi connectivity index (χ1n) is 9.56. The zero-order chi connectivity index (χ0) is 18.8. The number of aryl methyl sites for hydroxylation is 1. The van der Waals surface area contributed by atoms with Crippen molar-refractivity contribution in [2.24, 2.45) is 5.92 Å². The summed E-state index contributed by atoms with van der Waals surface area (Å²) in [5, 5.41) is 12.9. The molecule has 5 heteroatoms. The molecule has 0 saturated heterocycles. The largest absolute Gasteiger partial charge is 0.493 e. The molecule has 0 radical (unpaired) electrons. The number of amides is 1. The molecule has 0 unspecified atom stereocenters. The maximum Gasteiger partial charge on any atom is 0.220 e. The van der Waals surface area contributed by atoms with E-state index in [9.17, 15) is 14.3 Å². The number of carbonyl (C=O) groups excluding carboxylic acids is 1. The average Bonchev–Trinajstić information content (AvgIpc) is 3.10. The molecule has 1 fully saturated rings. The molecule has 2 aromatic rings. The first-order valence-corrected chi connectivity index (χ1v) is 9.56. The Balaban J connectivity index is 1.44. The van der Waals surface area contributed by atoms with E-state index in [0.29, 0.717) is 32.3 Å². The molecule has 1 aliphatic heterocycles. The predicted molar refractivity (Wildman–Crippen MR) is 100.0 cm³/mol. The van der Waals surface area contributed by atoms with Gasteiger partial charge in [0, 0.05) is 12.8 Å². The van der Waals surface area contributed by atoms with E-state index in [1.165, 1.54) is 17.7 Å². The van der Waals surface area contributed by atoms with E-state index < -0.39 is 0 Å². The van der Waals surface area contributed by atoms with Crippen molar-refractivity contribution in [1.29, 1.82) is 0 Å². The fourth-order valence-corrected chi connectivity index (χ4v) is 3.97. The van der Waals surface area contributed by atoms with Crippen molar-refractivity contribution >= 4 is 5.91 Å². The van der Waals surface area contributed by atoms with Crippen LogP contribution in [0.3, 0.4) is 0 Å². The number of hydrogen-bond acceptors (Lipinski definition) is 3. The number of benzene rings is 2. The summed E-state index contributed by atoms with van der Waals surface area (Å²) >= 11 is 0. The minimum atomic E-state index is -0.283. The zero-order valence-electron chi connectivity index (χ0n) is 15.2. The lowest BCUT2D eigenvalue weighted by Gasteiger charge is -2.38. The highest BCUT2D eigenvalue weighted by Gasteiger charge is 2.36. The number of fused-ring (bicyclic) bond motifs is 1. The molecule has 2 aromatic carbocycles. The lowest BCUT2D eigenvalue weighted by Crippen LogP contribution is -2.41. The molecule has 1 atom stereocenters. The predicted octanol–water partition coefficient (Wildman–Crippen LogP) is 3.32. The second kappa shape index (κ2) is 7.69. The normalized spacial score (nSPS) is 21.7. The molecule has 1 aliphatic carbocycles. The number of rotatable bonds is 6. The van der Waals surface area contributed by atoms with Crippen LogP contribution in [0.1, 0.15) is 42.0 Å². The molecule has 2 aliphatic rings. The first kappa shape index (κ1) is 18.0. The summed E-state index contributed by atoms with van der Waals surface area (Å²) in [6, 6.07) is 12.3. The molecule has 0 aromatic heterocycles. The Morgan fingerprint density at radius 3 is 2.89 bits per heavy atom. The summed E-state index contributed by atoms with van der Waals surface area (Å²) in [4.78, 5) is 12.6. The van der Waals surface area contributed by atoms with Crippen LogP contribution < -0.4 is 10.1 Å². The minimum absolute atomic E-state index is 0.0533. The summed E-state index contributed by atoms with van der Waals surface area (Å²) in [6.07, 6.45) is 2.81. The number of aliphatic hydroxyl groups is 1. The molecule has 1 heterocycles. The monoisotopic (exact) mass is 369 g/mol. The van der Waals surface area contributed by atoms with Gasteiger partial charge in [0.2, 0.25) is 5.91 Å². The van der Waals surface area contributed by atoms with Gasteiger partial charge in [0.15, 0.2) is 0 Å². The molecule has 2 N–H and O–H groups in total. The third kappa shape index (κ3) is 4.14. The Bertz CT molecular complexity index is 832. The second-order valence-corrected chi connectivity index (χ2v) is 7.53. The van der Waals surface area contributed by atoms with E-state index in [0.717, 1.165) is 23.3 Å². The molecule has 4 nitrogen and oxygen atoms in total. The van der Waals surface area contributed by atoms with Gasteiger partial charge in [0.1, 0.15) is 11.6 Å². The van der Waals surface area contributed by atoms with E-state index in [1.807, 2.05) is 18.2 Å². The fourth-order valence-electron chi connectivity index (χ4n) is 3.97. The Morgan fingerprint density at radius 1 is 1.26 bits per heavy atom. The SMILES string of the molecule is O=C(CCc1cccc(F)c1)N[C@@H](c1ccc2c(c1)CCO2)C1CC(O)C1. The summed E-state index contributed by atoms with van der Waals surface area (Å²) in [5.41, 5.74) is 3.05. The molecular weight excluding hydrogens is 345 g/mol. The molecule has 1 saturated carbocycles. The Labute approximate surface area is 158 Å². The van der Waals surface area contributed by atoms with Crippen LogP contribution in [0.4, 0.5) is 4.39 Å². The standard InChI is InChI=1S/C22H24FNO3/c23-18-3-1-2-14(10-18)4-7-21(26)24-22(17-12-19(25)13-17)16-5-6-20-15(11-16)8-9-27-20/h1-3,5-6,10-11,17,19,22,25H,4,7-9,12-13H2,(H,24,26)/t17?,19?,22-/m0/s1. The van der Waals surface area contributed by atoms with Crippen LogP contribution in [-0.4, -0.2) is 23.7 Å². The topological polar surface area (TPSA) is 58.6 Å². The van der Waals surface area contributed by atoms with Gasteiger partial charge in [-0.25, -0.2) is 4.39 Å². The summed E-state index contributed by atoms with van der Waals surface area (Å²) in [7, 11) is 0.